The molecule has 12 nitrogen and oxygen atoms in total. The SMILES string of the molecule is CN1C(=O)CCc2cc(Nc3nc(NC4CCCN(C(=O)O)C4)nnc3C(N)=O)ccc21. The summed E-state index contributed by atoms with van der Waals surface area (Å²) < 4.78 is 0. The van der Waals surface area contributed by atoms with Gasteiger partial charge >= 0.3 is 6.09 Å². The maximum Gasteiger partial charge on any atom is 0.407 e. The van der Waals surface area contributed by atoms with Gasteiger partial charge in [0, 0.05) is 44.0 Å². The summed E-state index contributed by atoms with van der Waals surface area (Å²) in [5.74, 6) is -0.412. The van der Waals surface area contributed by atoms with Crippen molar-refractivity contribution in [3.8, 4) is 0 Å². The Labute approximate surface area is 183 Å². The average Bonchev–Trinajstić information content (AvgIpc) is 2.76. The molecule has 3 heterocycles. The Morgan fingerprint density at radius 2 is 2.06 bits per heavy atom. The van der Waals surface area contributed by atoms with Crippen LogP contribution < -0.4 is 21.3 Å². The van der Waals surface area contributed by atoms with Crippen molar-refractivity contribution in [2.75, 3.05) is 35.7 Å². The van der Waals surface area contributed by atoms with Crippen LogP contribution in [-0.4, -0.2) is 69.3 Å². The minimum atomic E-state index is -0.971. The summed E-state index contributed by atoms with van der Waals surface area (Å²) in [6.07, 6.45) is 1.55. The second kappa shape index (κ2) is 8.65. The molecule has 1 aromatic heterocycles. The third kappa shape index (κ3) is 4.38. The number of hydrogen-bond donors (Lipinski definition) is 4. The van der Waals surface area contributed by atoms with Gasteiger partial charge in [0.15, 0.2) is 11.5 Å². The molecule has 2 aromatic rings. The molecule has 4 rings (SSSR count). The molecule has 0 bridgehead atoms. The molecule has 1 aromatic carbocycles. The van der Waals surface area contributed by atoms with Crippen LogP contribution in [-0.2, 0) is 11.2 Å². The predicted octanol–water partition coefficient (Wildman–Crippen LogP) is 1.18. The summed E-state index contributed by atoms with van der Waals surface area (Å²) in [6, 6.07) is 5.32. The monoisotopic (exact) mass is 440 g/mol. The second-order valence-corrected chi connectivity index (χ2v) is 7.83. The van der Waals surface area contributed by atoms with E-state index in [0.717, 1.165) is 17.7 Å². The van der Waals surface area contributed by atoms with E-state index in [0.29, 0.717) is 38.0 Å². The van der Waals surface area contributed by atoms with E-state index >= 15 is 0 Å². The largest absolute Gasteiger partial charge is 0.465 e. The van der Waals surface area contributed by atoms with E-state index in [1.165, 1.54) is 4.90 Å². The molecule has 12 heteroatoms. The summed E-state index contributed by atoms with van der Waals surface area (Å²) in [7, 11) is 1.74. The molecule has 0 aliphatic carbocycles. The first-order valence-electron chi connectivity index (χ1n) is 10.3. The van der Waals surface area contributed by atoms with Gasteiger partial charge in [0.25, 0.3) is 5.91 Å². The van der Waals surface area contributed by atoms with Crippen LogP contribution in [0.2, 0.25) is 0 Å². The van der Waals surface area contributed by atoms with Crippen LogP contribution in [0.5, 0.6) is 0 Å². The highest BCUT2D eigenvalue weighted by Gasteiger charge is 2.25. The van der Waals surface area contributed by atoms with Crippen molar-refractivity contribution in [2.24, 2.45) is 5.73 Å². The minimum Gasteiger partial charge on any atom is -0.465 e. The van der Waals surface area contributed by atoms with Gasteiger partial charge in [-0.25, -0.2) is 4.79 Å². The first-order chi connectivity index (χ1) is 15.3. The van der Waals surface area contributed by atoms with Crippen molar-refractivity contribution in [3.05, 3.63) is 29.5 Å². The van der Waals surface area contributed by atoms with Gasteiger partial charge in [-0.1, -0.05) is 0 Å². The molecule has 2 aliphatic heterocycles. The number of anilines is 4. The lowest BCUT2D eigenvalue weighted by atomic mass is 10.0. The fourth-order valence-electron chi connectivity index (χ4n) is 3.96. The van der Waals surface area contributed by atoms with Crippen molar-refractivity contribution in [1.29, 1.82) is 0 Å². The third-order valence-corrected chi connectivity index (χ3v) is 5.63. The van der Waals surface area contributed by atoms with E-state index in [9.17, 15) is 19.5 Å². The van der Waals surface area contributed by atoms with Crippen LogP contribution in [0.4, 0.5) is 27.9 Å². The van der Waals surface area contributed by atoms with E-state index in [-0.39, 0.29) is 29.4 Å². The highest BCUT2D eigenvalue weighted by Crippen LogP contribution is 2.30. The molecular formula is C20H24N8O4. The molecule has 1 unspecified atom stereocenters. The Kier molecular flexibility index (Phi) is 5.75. The Balaban J connectivity index is 1.56. The van der Waals surface area contributed by atoms with Gasteiger partial charge in [-0.2, -0.15) is 4.98 Å². The number of nitrogens with two attached hydrogens (primary N) is 1. The highest BCUT2D eigenvalue weighted by atomic mass is 16.4. The van der Waals surface area contributed by atoms with Crippen LogP contribution in [0.3, 0.4) is 0 Å². The van der Waals surface area contributed by atoms with Crippen molar-refractivity contribution < 1.29 is 19.5 Å². The summed E-state index contributed by atoms with van der Waals surface area (Å²) in [5, 5.41) is 23.2. The Bertz CT molecular complexity index is 1080. The summed E-state index contributed by atoms with van der Waals surface area (Å²) in [5.41, 5.74) is 7.82. The Hall–Kier alpha value is -3.96. The lowest BCUT2D eigenvalue weighted by molar-refractivity contribution is -0.118. The Morgan fingerprint density at radius 3 is 2.81 bits per heavy atom. The quantitative estimate of drug-likeness (QED) is 0.534. The number of aromatic nitrogens is 3. The Morgan fingerprint density at radius 1 is 1.25 bits per heavy atom. The number of piperidine rings is 1. The number of benzene rings is 1. The van der Waals surface area contributed by atoms with E-state index in [1.54, 1.807) is 18.0 Å². The van der Waals surface area contributed by atoms with Crippen molar-refractivity contribution in [2.45, 2.75) is 31.7 Å². The fourth-order valence-corrected chi connectivity index (χ4v) is 3.96. The first-order valence-corrected chi connectivity index (χ1v) is 10.3. The number of hydrogen-bond acceptors (Lipinski definition) is 8. The van der Waals surface area contributed by atoms with Crippen molar-refractivity contribution in [1.82, 2.24) is 20.1 Å². The zero-order chi connectivity index (χ0) is 22.8. The van der Waals surface area contributed by atoms with E-state index in [2.05, 4.69) is 25.8 Å². The first kappa shape index (κ1) is 21.3. The number of nitrogens with one attached hydrogen (secondary N) is 2. The molecule has 3 amide bonds. The summed E-state index contributed by atoms with van der Waals surface area (Å²) in [6.45, 7) is 0.787. The molecule has 5 N–H and O–H groups in total. The van der Waals surface area contributed by atoms with Gasteiger partial charge in [0.1, 0.15) is 0 Å². The number of likely N-dealkylation sites (tertiary alicyclic amines) is 1. The zero-order valence-corrected chi connectivity index (χ0v) is 17.5. The number of carboxylic acid groups (broad SMARTS) is 1. The number of fused-ring (bicyclic) bond motifs is 1. The molecule has 1 fully saturated rings. The van der Waals surface area contributed by atoms with E-state index in [1.807, 2.05) is 12.1 Å². The topological polar surface area (TPSA) is 167 Å². The van der Waals surface area contributed by atoms with Crippen LogP contribution in [0.1, 0.15) is 35.3 Å². The number of carbonyl (C=O) groups excluding carboxylic acids is 2. The molecule has 2 aliphatic rings. The third-order valence-electron chi connectivity index (χ3n) is 5.63. The molecule has 0 spiro atoms. The van der Waals surface area contributed by atoms with Crippen LogP contribution in [0, 0.1) is 0 Å². The number of amides is 3. The molecule has 168 valence electrons. The number of rotatable bonds is 5. The molecule has 1 saturated heterocycles. The number of aryl methyl sites for hydroxylation is 1. The molecule has 0 saturated carbocycles. The highest BCUT2D eigenvalue weighted by molar-refractivity contribution is 5.97. The fraction of sp³-hybridized carbons (Fsp3) is 0.400. The second-order valence-electron chi connectivity index (χ2n) is 7.83. The summed E-state index contributed by atoms with van der Waals surface area (Å²) >= 11 is 0. The van der Waals surface area contributed by atoms with Crippen LogP contribution in [0.15, 0.2) is 18.2 Å². The lowest BCUT2D eigenvalue weighted by Crippen LogP contribution is -2.44. The predicted molar refractivity (Wildman–Crippen MR) is 116 cm³/mol. The summed E-state index contributed by atoms with van der Waals surface area (Å²) in [4.78, 5) is 42.3. The van der Waals surface area contributed by atoms with Gasteiger partial charge in [-0.3, -0.25) is 9.59 Å². The van der Waals surface area contributed by atoms with Gasteiger partial charge in [0.2, 0.25) is 11.9 Å². The van der Waals surface area contributed by atoms with E-state index < -0.39 is 12.0 Å². The van der Waals surface area contributed by atoms with Gasteiger partial charge < -0.3 is 31.3 Å². The normalized spacial score (nSPS) is 18.2. The lowest BCUT2D eigenvalue weighted by Gasteiger charge is -2.31. The minimum absolute atomic E-state index is 0.0640. The number of carbonyl (C=O) groups is 3. The number of nitrogens with zero attached hydrogens (tertiary/aromatic N) is 5. The average molecular weight is 440 g/mol. The van der Waals surface area contributed by atoms with Gasteiger partial charge in [0.05, 0.1) is 0 Å². The molecular weight excluding hydrogens is 416 g/mol. The van der Waals surface area contributed by atoms with Gasteiger partial charge in [-0.15, -0.1) is 10.2 Å². The van der Waals surface area contributed by atoms with E-state index in [4.69, 9.17) is 5.73 Å². The zero-order valence-electron chi connectivity index (χ0n) is 17.5. The standard InChI is InChI=1S/C20H24N8O4/c1-27-14-6-5-12(9-11(14)4-7-15(27)29)22-18-16(17(21)30)25-26-19(24-18)23-13-3-2-8-28(10-13)20(31)32/h5-6,9,13H,2-4,7-8,10H2,1H3,(H2,21,30)(H,31,32)(H2,22,23,24,26). The number of primary amides is 1. The van der Waals surface area contributed by atoms with Crippen molar-refractivity contribution in [3.63, 3.8) is 0 Å². The van der Waals surface area contributed by atoms with Crippen LogP contribution >= 0.6 is 0 Å². The molecule has 0 radical (unpaired) electrons. The van der Waals surface area contributed by atoms with Crippen LogP contribution in [0.25, 0.3) is 0 Å². The maximum atomic E-state index is 11.9. The van der Waals surface area contributed by atoms with Gasteiger partial charge in [-0.05, 0) is 43.0 Å². The molecule has 32 heavy (non-hydrogen) atoms. The molecule has 1 atom stereocenters. The maximum absolute atomic E-state index is 11.9. The van der Waals surface area contributed by atoms with Crippen molar-refractivity contribution >= 4 is 41.0 Å². The smallest absolute Gasteiger partial charge is 0.407 e.